The Morgan fingerprint density at radius 2 is 0.541 bits per heavy atom. The largest absolute Gasteiger partial charge is 0.462 e. The van der Waals surface area contributed by atoms with E-state index >= 15 is 0 Å². The summed E-state index contributed by atoms with van der Waals surface area (Å²) in [4.78, 5) is 38.2. The molecule has 0 N–H and O–H groups in total. The third-order valence-corrected chi connectivity index (χ3v) is 13.3. The van der Waals surface area contributed by atoms with Gasteiger partial charge >= 0.3 is 17.9 Å². The van der Waals surface area contributed by atoms with E-state index in [0.29, 0.717) is 19.3 Å². The van der Waals surface area contributed by atoms with Crippen LogP contribution in [0, 0.1) is 0 Å². The highest BCUT2D eigenvalue weighted by molar-refractivity contribution is 5.71. The highest BCUT2D eigenvalue weighted by Gasteiger charge is 2.19. The van der Waals surface area contributed by atoms with E-state index in [2.05, 4.69) is 118 Å². The Balaban J connectivity index is 4.23. The van der Waals surface area contributed by atoms with E-state index in [-0.39, 0.29) is 31.1 Å². The summed E-state index contributed by atoms with van der Waals surface area (Å²) in [5, 5.41) is 0. The van der Waals surface area contributed by atoms with E-state index in [0.717, 1.165) is 122 Å². The summed E-state index contributed by atoms with van der Waals surface area (Å²) in [5.41, 5.74) is 0. The van der Waals surface area contributed by atoms with Crippen LogP contribution in [-0.2, 0) is 28.6 Å². The number of hydrogen-bond acceptors (Lipinski definition) is 6. The molecule has 0 aliphatic carbocycles. The molecule has 1 atom stereocenters. The van der Waals surface area contributed by atoms with Crippen LogP contribution in [0.3, 0.4) is 0 Å². The summed E-state index contributed by atoms with van der Waals surface area (Å²) >= 11 is 0. The molecule has 0 aromatic rings. The fourth-order valence-corrected chi connectivity index (χ4v) is 8.60. The van der Waals surface area contributed by atoms with Crippen molar-refractivity contribution in [3.63, 3.8) is 0 Å². The summed E-state index contributed by atoms with van der Waals surface area (Å²) in [6.07, 6.45) is 82.7. The highest BCUT2D eigenvalue weighted by Crippen LogP contribution is 2.16. The molecule has 0 bridgehead atoms. The molecule has 6 nitrogen and oxygen atoms in total. The summed E-state index contributed by atoms with van der Waals surface area (Å²) < 4.78 is 16.9. The molecule has 0 aromatic heterocycles. The Morgan fingerprint density at radius 1 is 0.284 bits per heavy atom. The Bertz CT molecular complexity index is 1460. The fraction of sp³-hybridized carbons (Fsp3) is 0.721. The maximum Gasteiger partial charge on any atom is 0.306 e. The zero-order valence-electron chi connectivity index (χ0n) is 48.6. The highest BCUT2D eigenvalue weighted by atomic mass is 16.6. The number of ether oxygens (including phenoxy) is 3. The predicted molar refractivity (Wildman–Crippen MR) is 320 cm³/mol. The standard InChI is InChI=1S/C68H116O6/c1-4-7-10-13-16-19-22-24-26-28-29-30-31-32-33-34-35-36-37-38-39-40-42-43-46-49-52-55-58-61-67(70)73-64-65(63-72-66(69)60-57-54-51-48-45-21-18-15-12-9-6-3)74-68(71)62-59-56-53-50-47-44-41-27-25-23-20-17-14-11-8-5-2/h7,10,15-16,18-20,23-24,26-27,29-30,32-33,41,65H,4-6,8-9,11-14,17,21-22,25,28,31,34-40,42-64H2,1-3H3/b10-7-,18-15-,19-16-,23-20-,26-24-,30-29-,33-32-,41-27-. The van der Waals surface area contributed by atoms with E-state index in [1.54, 1.807) is 0 Å². The Labute approximate surface area is 457 Å². The molecule has 74 heavy (non-hydrogen) atoms. The molecule has 6 heteroatoms. The minimum absolute atomic E-state index is 0.0852. The minimum atomic E-state index is -0.788. The van der Waals surface area contributed by atoms with Crippen LogP contribution in [0.5, 0.6) is 0 Å². The van der Waals surface area contributed by atoms with Gasteiger partial charge in [-0.2, -0.15) is 0 Å². The molecule has 424 valence electrons. The van der Waals surface area contributed by atoms with Crippen molar-refractivity contribution >= 4 is 17.9 Å². The van der Waals surface area contributed by atoms with Gasteiger partial charge in [-0.25, -0.2) is 0 Å². The third kappa shape index (κ3) is 59.2. The zero-order chi connectivity index (χ0) is 53.6. The molecule has 0 saturated carbocycles. The maximum atomic E-state index is 12.9. The van der Waals surface area contributed by atoms with Crippen molar-refractivity contribution in [1.82, 2.24) is 0 Å². The summed E-state index contributed by atoms with van der Waals surface area (Å²) in [7, 11) is 0. The van der Waals surface area contributed by atoms with Gasteiger partial charge in [0.1, 0.15) is 13.2 Å². The molecule has 0 saturated heterocycles. The average Bonchev–Trinajstić information content (AvgIpc) is 3.40. The topological polar surface area (TPSA) is 78.9 Å². The number of hydrogen-bond donors (Lipinski definition) is 0. The number of rotatable bonds is 56. The van der Waals surface area contributed by atoms with E-state index in [1.165, 1.54) is 135 Å². The SMILES string of the molecule is CC/C=C\C/C=C\C/C=C\C/C=C\C/C=C\CCCCCCCCCCCCCCCC(=O)OCC(COC(=O)CCCCCCC/C=C\CCCC)OC(=O)CCCCCCC/C=C\C/C=C\CCCCCC. The van der Waals surface area contributed by atoms with Gasteiger partial charge in [0.05, 0.1) is 0 Å². The first-order chi connectivity index (χ1) is 36.5. The van der Waals surface area contributed by atoms with Crippen LogP contribution in [0.1, 0.15) is 297 Å². The number of carbonyl (C=O) groups is 3. The van der Waals surface area contributed by atoms with Crippen molar-refractivity contribution in [3.05, 3.63) is 97.2 Å². The van der Waals surface area contributed by atoms with Crippen LogP contribution in [0.15, 0.2) is 97.2 Å². The molecule has 0 fully saturated rings. The van der Waals surface area contributed by atoms with E-state index in [4.69, 9.17) is 14.2 Å². The fourth-order valence-electron chi connectivity index (χ4n) is 8.60. The first-order valence-electron chi connectivity index (χ1n) is 31.2. The quantitative estimate of drug-likeness (QED) is 0.0261. The van der Waals surface area contributed by atoms with Crippen molar-refractivity contribution in [2.24, 2.45) is 0 Å². The summed E-state index contributed by atoms with van der Waals surface area (Å²) in [5.74, 6) is -0.903. The van der Waals surface area contributed by atoms with E-state index < -0.39 is 6.10 Å². The Kier molecular flexibility index (Phi) is 58.8. The van der Waals surface area contributed by atoms with Gasteiger partial charge < -0.3 is 14.2 Å². The lowest BCUT2D eigenvalue weighted by molar-refractivity contribution is -0.167. The zero-order valence-corrected chi connectivity index (χ0v) is 48.6. The molecular weight excluding hydrogens is 913 g/mol. The number of allylic oxidation sites excluding steroid dienone is 16. The van der Waals surface area contributed by atoms with Gasteiger partial charge in [0.15, 0.2) is 6.10 Å². The molecule has 0 spiro atoms. The molecule has 0 aliphatic rings. The van der Waals surface area contributed by atoms with Crippen LogP contribution in [0.25, 0.3) is 0 Å². The molecule has 0 aromatic carbocycles. The second-order valence-electron chi connectivity index (χ2n) is 20.6. The molecule has 0 aliphatic heterocycles. The van der Waals surface area contributed by atoms with E-state index in [1.807, 2.05) is 0 Å². The lowest BCUT2D eigenvalue weighted by Gasteiger charge is -2.18. The molecule has 1 unspecified atom stereocenters. The van der Waals surface area contributed by atoms with Crippen LogP contribution in [-0.4, -0.2) is 37.2 Å². The van der Waals surface area contributed by atoms with Gasteiger partial charge in [0, 0.05) is 19.3 Å². The van der Waals surface area contributed by atoms with Crippen molar-refractivity contribution in [2.45, 2.75) is 303 Å². The van der Waals surface area contributed by atoms with Gasteiger partial charge in [0.25, 0.3) is 0 Å². The van der Waals surface area contributed by atoms with Crippen LogP contribution < -0.4 is 0 Å². The third-order valence-electron chi connectivity index (χ3n) is 13.3. The number of esters is 3. The van der Waals surface area contributed by atoms with Gasteiger partial charge in [0.2, 0.25) is 0 Å². The first kappa shape index (κ1) is 70.3. The average molecular weight is 1030 g/mol. The molecule has 0 radical (unpaired) electrons. The second kappa shape index (κ2) is 61.9. The number of carbonyl (C=O) groups excluding carboxylic acids is 3. The summed E-state index contributed by atoms with van der Waals surface area (Å²) in [6.45, 7) is 6.47. The molecule has 0 amide bonds. The smallest absolute Gasteiger partial charge is 0.306 e. The van der Waals surface area contributed by atoms with Crippen molar-refractivity contribution in [2.75, 3.05) is 13.2 Å². The maximum absolute atomic E-state index is 12.9. The molecular formula is C68H116O6. The molecule has 0 rings (SSSR count). The van der Waals surface area contributed by atoms with Crippen molar-refractivity contribution < 1.29 is 28.6 Å². The van der Waals surface area contributed by atoms with Crippen molar-refractivity contribution in [3.8, 4) is 0 Å². The van der Waals surface area contributed by atoms with Crippen LogP contribution in [0.4, 0.5) is 0 Å². The Hall–Kier alpha value is -3.67. The lowest BCUT2D eigenvalue weighted by Crippen LogP contribution is -2.30. The first-order valence-corrected chi connectivity index (χ1v) is 31.2. The van der Waals surface area contributed by atoms with E-state index in [9.17, 15) is 14.4 Å². The van der Waals surface area contributed by atoms with Gasteiger partial charge in [-0.3, -0.25) is 14.4 Å². The van der Waals surface area contributed by atoms with Crippen LogP contribution in [0.2, 0.25) is 0 Å². The lowest BCUT2D eigenvalue weighted by atomic mass is 10.0. The second-order valence-corrected chi connectivity index (χ2v) is 20.6. The van der Waals surface area contributed by atoms with Crippen LogP contribution >= 0.6 is 0 Å². The van der Waals surface area contributed by atoms with Gasteiger partial charge in [-0.1, -0.05) is 259 Å². The monoisotopic (exact) mass is 1030 g/mol. The minimum Gasteiger partial charge on any atom is -0.462 e. The summed E-state index contributed by atoms with van der Waals surface area (Å²) in [6, 6.07) is 0. The normalized spacial score (nSPS) is 12.7. The Morgan fingerprint density at radius 3 is 0.878 bits per heavy atom. The van der Waals surface area contributed by atoms with Gasteiger partial charge in [-0.05, 0) is 116 Å². The predicted octanol–water partition coefficient (Wildman–Crippen LogP) is 21.3. The number of unbranched alkanes of at least 4 members (excludes halogenated alkanes) is 29. The van der Waals surface area contributed by atoms with Crippen molar-refractivity contribution in [1.29, 1.82) is 0 Å². The van der Waals surface area contributed by atoms with Gasteiger partial charge in [-0.15, -0.1) is 0 Å². The molecule has 0 heterocycles.